The number of aryl methyl sites for hydroxylation is 1. The summed E-state index contributed by atoms with van der Waals surface area (Å²) in [5.74, 6) is 0. The Morgan fingerprint density at radius 1 is 1.19 bits per heavy atom. The number of aliphatic hydroxyl groups excluding tert-OH is 1. The number of aromatic nitrogens is 2. The molecule has 136 valence electrons. The monoisotopic (exact) mass is 349 g/mol. The predicted molar refractivity (Wildman–Crippen MR) is 105 cm³/mol. The highest BCUT2D eigenvalue weighted by Gasteiger charge is 2.36. The molecule has 1 aliphatic heterocycles. The molecule has 4 nitrogen and oxygen atoms in total. The van der Waals surface area contributed by atoms with Gasteiger partial charge in [0.25, 0.3) is 0 Å². The largest absolute Gasteiger partial charge is 0.387 e. The van der Waals surface area contributed by atoms with E-state index < -0.39 is 6.10 Å². The van der Waals surface area contributed by atoms with Crippen LogP contribution in [0, 0.1) is 6.92 Å². The number of likely N-dealkylation sites (N-methyl/N-ethyl adjacent to an activating group) is 1. The molecule has 4 heteroatoms. The summed E-state index contributed by atoms with van der Waals surface area (Å²) >= 11 is 0. The van der Waals surface area contributed by atoms with Crippen LogP contribution in [0.3, 0.4) is 0 Å². The van der Waals surface area contributed by atoms with E-state index in [0.717, 1.165) is 18.5 Å². The van der Waals surface area contributed by atoms with Gasteiger partial charge in [0, 0.05) is 53.1 Å². The molecule has 1 N–H and O–H groups in total. The van der Waals surface area contributed by atoms with Gasteiger partial charge in [-0.05, 0) is 57.6 Å². The predicted octanol–water partition coefficient (Wildman–Crippen LogP) is 3.80. The van der Waals surface area contributed by atoms with Crippen LogP contribution in [0.15, 0.2) is 42.7 Å². The lowest BCUT2D eigenvalue weighted by atomic mass is 9.85. The Balaban J connectivity index is 1.88. The van der Waals surface area contributed by atoms with Gasteiger partial charge in [0.2, 0.25) is 0 Å². The molecule has 26 heavy (non-hydrogen) atoms. The average Bonchev–Trinajstić information content (AvgIpc) is 2.93. The molecular formula is C22H27N3O. The smallest absolute Gasteiger partial charge is 0.0970 e. The van der Waals surface area contributed by atoms with E-state index in [9.17, 15) is 5.11 Å². The van der Waals surface area contributed by atoms with Gasteiger partial charge < -0.3 is 9.67 Å². The van der Waals surface area contributed by atoms with Crippen molar-refractivity contribution >= 4 is 10.9 Å². The van der Waals surface area contributed by atoms with Crippen LogP contribution < -0.4 is 0 Å². The third-order valence-corrected chi connectivity index (χ3v) is 6.02. The normalized spacial score (nSPS) is 18.0. The average molecular weight is 349 g/mol. The van der Waals surface area contributed by atoms with Crippen molar-refractivity contribution < 1.29 is 5.11 Å². The van der Waals surface area contributed by atoms with Crippen LogP contribution >= 0.6 is 0 Å². The molecule has 1 unspecified atom stereocenters. The number of pyridine rings is 1. The van der Waals surface area contributed by atoms with Crippen LogP contribution in [0.4, 0.5) is 0 Å². The molecule has 4 rings (SSSR count). The van der Waals surface area contributed by atoms with Crippen LogP contribution in [-0.4, -0.2) is 33.1 Å². The van der Waals surface area contributed by atoms with Crippen LogP contribution in [0.2, 0.25) is 0 Å². The highest BCUT2D eigenvalue weighted by Crippen LogP contribution is 2.41. The van der Waals surface area contributed by atoms with Crippen LogP contribution in [0.25, 0.3) is 10.9 Å². The number of nitrogens with zero attached hydrogens (tertiary/aromatic N) is 3. The van der Waals surface area contributed by atoms with Crippen molar-refractivity contribution in [1.29, 1.82) is 0 Å². The van der Waals surface area contributed by atoms with Gasteiger partial charge >= 0.3 is 0 Å². The zero-order chi connectivity index (χ0) is 18.5. The van der Waals surface area contributed by atoms with Crippen molar-refractivity contribution in [1.82, 2.24) is 14.5 Å². The number of hydrogen-bond donors (Lipinski definition) is 1. The van der Waals surface area contributed by atoms with E-state index in [1.807, 2.05) is 12.1 Å². The number of aliphatic hydroxyl groups is 1. The highest BCUT2D eigenvalue weighted by atomic mass is 16.3. The van der Waals surface area contributed by atoms with E-state index >= 15 is 0 Å². The SMILES string of the molecule is Cc1ccc2c(c1)c1c(n2CC(O)c2ccncc2)CCN(C)C1(C)C. The zero-order valence-corrected chi connectivity index (χ0v) is 16.0. The zero-order valence-electron chi connectivity index (χ0n) is 16.0. The molecule has 0 saturated carbocycles. The summed E-state index contributed by atoms with van der Waals surface area (Å²) in [6, 6.07) is 10.5. The molecule has 0 fully saturated rings. The molecule has 3 aromatic rings. The third kappa shape index (κ3) is 2.65. The fourth-order valence-electron chi connectivity index (χ4n) is 4.28. The van der Waals surface area contributed by atoms with Crippen molar-refractivity contribution in [3.05, 3.63) is 65.1 Å². The minimum absolute atomic E-state index is 0.0213. The van der Waals surface area contributed by atoms with E-state index in [0.29, 0.717) is 6.54 Å². The summed E-state index contributed by atoms with van der Waals surface area (Å²) in [5, 5.41) is 12.1. The van der Waals surface area contributed by atoms with E-state index in [4.69, 9.17) is 0 Å². The first-order chi connectivity index (χ1) is 12.4. The van der Waals surface area contributed by atoms with Gasteiger partial charge in [0.1, 0.15) is 0 Å². The second-order valence-electron chi connectivity index (χ2n) is 7.98. The summed E-state index contributed by atoms with van der Waals surface area (Å²) in [5.41, 5.74) is 6.16. The Kier molecular flexibility index (Phi) is 4.13. The Hall–Kier alpha value is -2.17. The van der Waals surface area contributed by atoms with Gasteiger partial charge in [-0.2, -0.15) is 0 Å². The molecule has 0 saturated heterocycles. The van der Waals surface area contributed by atoms with Crippen LogP contribution in [0.1, 0.15) is 42.3 Å². The van der Waals surface area contributed by atoms with Gasteiger partial charge in [-0.3, -0.25) is 9.88 Å². The number of benzene rings is 1. The lowest BCUT2D eigenvalue weighted by Crippen LogP contribution is -2.44. The molecule has 0 spiro atoms. The van der Waals surface area contributed by atoms with Crippen molar-refractivity contribution in [2.75, 3.05) is 13.6 Å². The summed E-state index contributed by atoms with van der Waals surface area (Å²) in [6.07, 6.45) is 3.94. The van der Waals surface area contributed by atoms with Crippen molar-refractivity contribution in [3.63, 3.8) is 0 Å². The quantitative estimate of drug-likeness (QED) is 0.782. The van der Waals surface area contributed by atoms with E-state index in [1.54, 1.807) is 12.4 Å². The van der Waals surface area contributed by atoms with Crippen LogP contribution in [-0.2, 0) is 18.5 Å². The Labute approximate surface area is 155 Å². The molecule has 0 bridgehead atoms. The van der Waals surface area contributed by atoms with Gasteiger partial charge in [0.15, 0.2) is 0 Å². The standard InChI is InChI=1S/C22H27N3O/c1-15-5-6-18-17(13-15)21-19(9-12-24(4)22(21,2)3)25(18)14-20(26)16-7-10-23-11-8-16/h5-8,10-11,13,20,26H,9,12,14H2,1-4H3. The molecule has 0 radical (unpaired) electrons. The second-order valence-corrected chi connectivity index (χ2v) is 7.98. The molecule has 3 heterocycles. The molecule has 1 aliphatic rings. The van der Waals surface area contributed by atoms with Crippen molar-refractivity contribution in [3.8, 4) is 0 Å². The molecule has 1 atom stereocenters. The minimum Gasteiger partial charge on any atom is -0.387 e. The molecule has 2 aromatic heterocycles. The van der Waals surface area contributed by atoms with Gasteiger partial charge in [-0.1, -0.05) is 11.6 Å². The van der Waals surface area contributed by atoms with E-state index in [1.165, 1.54) is 27.7 Å². The van der Waals surface area contributed by atoms with Crippen molar-refractivity contribution in [2.24, 2.45) is 0 Å². The number of fused-ring (bicyclic) bond motifs is 3. The van der Waals surface area contributed by atoms with Crippen molar-refractivity contribution in [2.45, 2.75) is 45.4 Å². The highest BCUT2D eigenvalue weighted by molar-refractivity contribution is 5.87. The summed E-state index contributed by atoms with van der Waals surface area (Å²) in [7, 11) is 2.20. The maximum Gasteiger partial charge on any atom is 0.0970 e. The lowest BCUT2D eigenvalue weighted by Gasteiger charge is -2.41. The first-order valence-electron chi connectivity index (χ1n) is 9.31. The summed E-state index contributed by atoms with van der Waals surface area (Å²) < 4.78 is 2.34. The Morgan fingerprint density at radius 3 is 2.65 bits per heavy atom. The minimum atomic E-state index is -0.540. The third-order valence-electron chi connectivity index (χ3n) is 6.02. The Morgan fingerprint density at radius 2 is 1.92 bits per heavy atom. The number of rotatable bonds is 3. The van der Waals surface area contributed by atoms with Gasteiger partial charge in [-0.25, -0.2) is 0 Å². The van der Waals surface area contributed by atoms with Gasteiger partial charge in [0.05, 0.1) is 12.6 Å². The summed E-state index contributed by atoms with van der Waals surface area (Å²) in [6.45, 7) is 8.35. The maximum absolute atomic E-state index is 10.8. The van der Waals surface area contributed by atoms with E-state index in [2.05, 4.69) is 60.5 Å². The number of hydrogen-bond acceptors (Lipinski definition) is 3. The topological polar surface area (TPSA) is 41.3 Å². The van der Waals surface area contributed by atoms with Crippen LogP contribution in [0.5, 0.6) is 0 Å². The fourth-order valence-corrected chi connectivity index (χ4v) is 4.28. The first kappa shape index (κ1) is 17.3. The molecule has 1 aromatic carbocycles. The fraction of sp³-hybridized carbons (Fsp3) is 0.409. The Bertz CT molecular complexity index is 943. The lowest BCUT2D eigenvalue weighted by molar-refractivity contribution is 0.136. The molecular weight excluding hydrogens is 322 g/mol. The second kappa shape index (κ2) is 6.22. The van der Waals surface area contributed by atoms with E-state index in [-0.39, 0.29) is 5.54 Å². The maximum atomic E-state index is 10.8. The summed E-state index contributed by atoms with van der Waals surface area (Å²) in [4.78, 5) is 6.49. The molecule has 0 aliphatic carbocycles. The molecule has 0 amide bonds. The first-order valence-corrected chi connectivity index (χ1v) is 9.31. The van der Waals surface area contributed by atoms with Gasteiger partial charge in [-0.15, -0.1) is 0 Å².